The van der Waals surface area contributed by atoms with Crippen molar-refractivity contribution in [2.75, 3.05) is 31.1 Å². The van der Waals surface area contributed by atoms with E-state index in [9.17, 15) is 14.5 Å². The van der Waals surface area contributed by atoms with E-state index in [4.69, 9.17) is 0 Å². The van der Waals surface area contributed by atoms with Crippen LogP contribution in [0, 0.1) is 15.9 Å². The Morgan fingerprint density at radius 3 is 2.39 bits per heavy atom. The Labute approximate surface area is 134 Å². The van der Waals surface area contributed by atoms with E-state index in [-0.39, 0.29) is 5.69 Å². The van der Waals surface area contributed by atoms with E-state index in [2.05, 4.69) is 17.0 Å². The van der Waals surface area contributed by atoms with Gasteiger partial charge in [0.05, 0.1) is 4.92 Å². The maximum atomic E-state index is 13.5. The fourth-order valence-electron chi connectivity index (χ4n) is 2.89. The molecule has 0 atom stereocenters. The number of nitro benzene ring substituents is 1. The maximum absolute atomic E-state index is 13.5. The van der Waals surface area contributed by atoms with Gasteiger partial charge in [-0.1, -0.05) is 30.3 Å². The monoisotopic (exact) mass is 315 g/mol. The minimum atomic E-state index is -0.453. The number of nitro groups is 1. The van der Waals surface area contributed by atoms with Crippen LogP contribution >= 0.6 is 0 Å². The van der Waals surface area contributed by atoms with Gasteiger partial charge in [-0.2, -0.15) is 0 Å². The third kappa shape index (κ3) is 3.65. The lowest BCUT2D eigenvalue weighted by Crippen LogP contribution is -2.46. The lowest BCUT2D eigenvalue weighted by atomic mass is 10.1. The number of rotatable bonds is 4. The Morgan fingerprint density at radius 1 is 1.04 bits per heavy atom. The molecule has 1 saturated heterocycles. The molecule has 0 N–H and O–H groups in total. The lowest BCUT2D eigenvalue weighted by Gasteiger charge is -2.35. The van der Waals surface area contributed by atoms with Crippen molar-refractivity contribution in [3.63, 3.8) is 0 Å². The Morgan fingerprint density at radius 2 is 1.74 bits per heavy atom. The second-order valence-electron chi connectivity index (χ2n) is 5.64. The van der Waals surface area contributed by atoms with Crippen LogP contribution in [0.2, 0.25) is 0 Å². The summed E-state index contributed by atoms with van der Waals surface area (Å²) in [5.41, 5.74) is 1.58. The molecule has 3 rings (SSSR count). The Hall–Kier alpha value is -2.47. The number of piperazine rings is 1. The van der Waals surface area contributed by atoms with Gasteiger partial charge in [0.25, 0.3) is 5.69 Å². The van der Waals surface area contributed by atoms with Crippen molar-refractivity contribution in [1.82, 2.24) is 4.90 Å². The molecule has 5 nitrogen and oxygen atoms in total. The predicted molar refractivity (Wildman–Crippen MR) is 87.0 cm³/mol. The number of hydrogen-bond donors (Lipinski definition) is 0. The highest BCUT2D eigenvalue weighted by molar-refractivity contribution is 5.63. The van der Waals surface area contributed by atoms with E-state index in [1.807, 2.05) is 23.1 Å². The summed E-state index contributed by atoms with van der Waals surface area (Å²) in [5.74, 6) is -0.447. The van der Waals surface area contributed by atoms with Crippen molar-refractivity contribution in [3.8, 4) is 0 Å². The zero-order chi connectivity index (χ0) is 16.2. The van der Waals surface area contributed by atoms with Crippen LogP contribution in [0.3, 0.4) is 0 Å². The van der Waals surface area contributed by atoms with Crippen molar-refractivity contribution in [3.05, 3.63) is 70.0 Å². The molecule has 0 aromatic heterocycles. The third-order valence-electron chi connectivity index (χ3n) is 4.10. The molecule has 1 aliphatic rings. The molecular formula is C17H18FN3O2. The number of benzene rings is 2. The Bertz CT molecular complexity index is 685. The van der Waals surface area contributed by atoms with Gasteiger partial charge < -0.3 is 4.90 Å². The number of anilines is 1. The van der Waals surface area contributed by atoms with Crippen LogP contribution in [0.5, 0.6) is 0 Å². The SMILES string of the molecule is O=[N+]([O-])c1ccc(F)cc1N1CCN(Cc2ccccc2)CC1. The Balaban J connectivity index is 1.67. The van der Waals surface area contributed by atoms with E-state index in [0.717, 1.165) is 25.7 Å². The normalized spacial score (nSPS) is 15.6. The summed E-state index contributed by atoms with van der Waals surface area (Å²) in [4.78, 5) is 14.9. The quantitative estimate of drug-likeness (QED) is 0.643. The predicted octanol–water partition coefficient (Wildman–Crippen LogP) is 3.06. The Kier molecular flexibility index (Phi) is 4.52. The first-order chi connectivity index (χ1) is 11.1. The van der Waals surface area contributed by atoms with E-state index in [1.54, 1.807) is 0 Å². The molecule has 0 amide bonds. The average molecular weight is 315 g/mol. The average Bonchev–Trinajstić information content (AvgIpc) is 2.56. The van der Waals surface area contributed by atoms with Gasteiger partial charge in [-0.3, -0.25) is 15.0 Å². The van der Waals surface area contributed by atoms with Crippen molar-refractivity contribution in [2.24, 2.45) is 0 Å². The largest absolute Gasteiger partial charge is 0.363 e. The molecule has 1 aliphatic heterocycles. The summed E-state index contributed by atoms with van der Waals surface area (Å²) in [7, 11) is 0. The van der Waals surface area contributed by atoms with E-state index >= 15 is 0 Å². The van der Waals surface area contributed by atoms with Gasteiger partial charge in [-0.25, -0.2) is 4.39 Å². The maximum Gasteiger partial charge on any atom is 0.292 e. The molecule has 2 aromatic rings. The van der Waals surface area contributed by atoms with E-state index in [0.29, 0.717) is 18.8 Å². The van der Waals surface area contributed by atoms with Gasteiger partial charge in [-0.05, 0) is 11.6 Å². The van der Waals surface area contributed by atoms with Crippen molar-refractivity contribution in [1.29, 1.82) is 0 Å². The van der Waals surface area contributed by atoms with Gasteiger partial charge in [0, 0.05) is 44.9 Å². The van der Waals surface area contributed by atoms with E-state index in [1.165, 1.54) is 17.7 Å². The molecule has 0 aliphatic carbocycles. The molecule has 0 saturated carbocycles. The fourth-order valence-corrected chi connectivity index (χ4v) is 2.89. The van der Waals surface area contributed by atoms with Gasteiger partial charge in [0.15, 0.2) is 0 Å². The van der Waals surface area contributed by atoms with Gasteiger partial charge in [0.2, 0.25) is 0 Å². The van der Waals surface area contributed by atoms with Crippen LogP contribution in [0.4, 0.5) is 15.8 Å². The molecule has 0 bridgehead atoms. The van der Waals surface area contributed by atoms with Gasteiger partial charge >= 0.3 is 0 Å². The molecule has 0 spiro atoms. The zero-order valence-corrected chi connectivity index (χ0v) is 12.7. The fraction of sp³-hybridized carbons (Fsp3) is 0.294. The summed E-state index contributed by atoms with van der Waals surface area (Å²) in [6.45, 7) is 3.75. The van der Waals surface area contributed by atoms with Crippen LogP contribution in [-0.4, -0.2) is 36.0 Å². The van der Waals surface area contributed by atoms with E-state index < -0.39 is 10.7 Å². The molecule has 23 heavy (non-hydrogen) atoms. The number of halogens is 1. The molecule has 0 radical (unpaired) electrons. The topological polar surface area (TPSA) is 49.6 Å². The zero-order valence-electron chi connectivity index (χ0n) is 12.7. The van der Waals surface area contributed by atoms with Crippen molar-refractivity contribution < 1.29 is 9.31 Å². The molecule has 120 valence electrons. The molecule has 0 unspecified atom stereocenters. The van der Waals surface area contributed by atoms with Crippen LogP contribution in [0.1, 0.15) is 5.56 Å². The summed E-state index contributed by atoms with van der Waals surface area (Å²) in [5, 5.41) is 11.1. The second-order valence-corrected chi connectivity index (χ2v) is 5.64. The third-order valence-corrected chi connectivity index (χ3v) is 4.10. The molecular weight excluding hydrogens is 297 g/mol. The summed E-state index contributed by atoms with van der Waals surface area (Å²) >= 11 is 0. The van der Waals surface area contributed by atoms with Crippen molar-refractivity contribution >= 4 is 11.4 Å². The van der Waals surface area contributed by atoms with Crippen molar-refractivity contribution in [2.45, 2.75) is 6.54 Å². The summed E-state index contributed by atoms with van der Waals surface area (Å²) in [6.07, 6.45) is 0. The number of nitrogens with zero attached hydrogens (tertiary/aromatic N) is 3. The minimum Gasteiger partial charge on any atom is -0.363 e. The highest BCUT2D eigenvalue weighted by atomic mass is 19.1. The van der Waals surface area contributed by atoms with Gasteiger partial charge in [0.1, 0.15) is 11.5 Å². The highest BCUT2D eigenvalue weighted by Crippen LogP contribution is 2.29. The molecule has 6 heteroatoms. The van der Waals surface area contributed by atoms with Crippen LogP contribution in [0.15, 0.2) is 48.5 Å². The summed E-state index contributed by atoms with van der Waals surface area (Å²) < 4.78 is 13.5. The molecule has 1 fully saturated rings. The lowest BCUT2D eigenvalue weighted by molar-refractivity contribution is -0.384. The highest BCUT2D eigenvalue weighted by Gasteiger charge is 2.24. The van der Waals surface area contributed by atoms with Gasteiger partial charge in [-0.15, -0.1) is 0 Å². The first kappa shape index (κ1) is 15.4. The minimum absolute atomic E-state index is 0.0390. The first-order valence-electron chi connectivity index (χ1n) is 7.58. The van der Waals surface area contributed by atoms with Crippen LogP contribution in [0.25, 0.3) is 0 Å². The molecule has 2 aromatic carbocycles. The second kappa shape index (κ2) is 6.75. The van der Waals surface area contributed by atoms with Crippen LogP contribution < -0.4 is 4.90 Å². The summed E-state index contributed by atoms with van der Waals surface area (Å²) in [6, 6.07) is 13.8. The smallest absolute Gasteiger partial charge is 0.292 e. The molecule has 1 heterocycles. The number of hydrogen-bond acceptors (Lipinski definition) is 4. The first-order valence-corrected chi connectivity index (χ1v) is 7.58. The van der Waals surface area contributed by atoms with Crippen LogP contribution in [-0.2, 0) is 6.54 Å². The standard InChI is InChI=1S/C17H18FN3O2/c18-15-6-7-16(21(22)23)17(12-15)20-10-8-19(9-11-20)13-14-4-2-1-3-5-14/h1-7,12H,8-11,13H2.